The second-order valence-corrected chi connectivity index (χ2v) is 3.32. The normalized spacial score (nSPS) is 9.79. The Morgan fingerprint density at radius 2 is 2.00 bits per heavy atom. The molecule has 0 heterocycles. The number of benzene rings is 1. The van der Waals surface area contributed by atoms with Crippen molar-refractivity contribution in [3.63, 3.8) is 0 Å². The van der Waals surface area contributed by atoms with E-state index in [9.17, 15) is 0 Å². The summed E-state index contributed by atoms with van der Waals surface area (Å²) in [6.07, 6.45) is 3.92. The highest BCUT2D eigenvalue weighted by atomic mass is 35.5. The molecule has 1 nitrogen and oxygen atoms in total. The first-order valence-corrected chi connectivity index (χ1v) is 5.29. The maximum Gasteiger partial charge on any atom is 0.119 e. The fourth-order valence-corrected chi connectivity index (χ4v) is 1.27. The van der Waals surface area contributed by atoms with E-state index in [0.717, 1.165) is 30.8 Å². The Kier molecular flexibility index (Phi) is 5.16. The number of hydrogen-bond donors (Lipinski definition) is 0. The number of unbranched alkanes of at least 4 members (excludes halogenated alkanes) is 1. The monoisotopic (exact) mass is 210 g/mol. The zero-order valence-electron chi connectivity index (χ0n) is 8.21. The van der Waals surface area contributed by atoms with Gasteiger partial charge in [0, 0.05) is 5.88 Å². The van der Waals surface area contributed by atoms with Crippen LogP contribution in [0, 0.1) is 0 Å². The summed E-state index contributed by atoms with van der Waals surface area (Å²) in [4.78, 5) is 0. The first kappa shape index (κ1) is 11.1. The zero-order chi connectivity index (χ0) is 10.2. The number of halogens is 1. The molecule has 0 aromatic heterocycles. The summed E-state index contributed by atoms with van der Waals surface area (Å²) >= 11 is 5.67. The summed E-state index contributed by atoms with van der Waals surface area (Å²) in [7, 11) is 0. The van der Waals surface area contributed by atoms with Gasteiger partial charge in [-0.15, -0.1) is 18.2 Å². The van der Waals surface area contributed by atoms with Crippen molar-refractivity contribution in [1.29, 1.82) is 0 Å². The third-order valence-electron chi connectivity index (χ3n) is 1.90. The highest BCUT2D eigenvalue weighted by Crippen LogP contribution is 2.13. The van der Waals surface area contributed by atoms with Gasteiger partial charge in [0.1, 0.15) is 5.75 Å². The van der Waals surface area contributed by atoms with E-state index in [1.165, 1.54) is 0 Å². The third kappa shape index (κ3) is 3.84. The summed E-state index contributed by atoms with van der Waals surface area (Å²) in [5.74, 6) is 1.46. The van der Waals surface area contributed by atoms with Crippen LogP contribution in [0.15, 0.2) is 36.9 Å². The average Bonchev–Trinajstić information content (AvgIpc) is 2.25. The van der Waals surface area contributed by atoms with Gasteiger partial charge in [0.15, 0.2) is 0 Å². The molecule has 14 heavy (non-hydrogen) atoms. The molecule has 1 aromatic rings. The maximum absolute atomic E-state index is 5.67. The van der Waals surface area contributed by atoms with Gasteiger partial charge in [-0.05, 0) is 30.5 Å². The molecule has 0 aliphatic heterocycles. The Balaban J connectivity index is 2.32. The van der Waals surface area contributed by atoms with Crippen molar-refractivity contribution in [1.82, 2.24) is 0 Å². The Morgan fingerprint density at radius 3 is 2.57 bits per heavy atom. The molecule has 0 saturated heterocycles. The molecule has 0 unspecified atom stereocenters. The van der Waals surface area contributed by atoms with Gasteiger partial charge in [-0.2, -0.15) is 0 Å². The van der Waals surface area contributed by atoms with Crippen LogP contribution in [0.3, 0.4) is 0 Å². The molecule has 0 radical (unpaired) electrons. The van der Waals surface area contributed by atoms with E-state index >= 15 is 0 Å². The van der Waals surface area contributed by atoms with Crippen LogP contribution in [0.5, 0.6) is 5.75 Å². The topological polar surface area (TPSA) is 9.23 Å². The van der Waals surface area contributed by atoms with Gasteiger partial charge in [0.05, 0.1) is 6.61 Å². The Labute approximate surface area is 90.3 Å². The lowest BCUT2D eigenvalue weighted by Crippen LogP contribution is -1.96. The maximum atomic E-state index is 5.67. The van der Waals surface area contributed by atoms with Crippen LogP contribution in [-0.2, 0) is 5.88 Å². The second-order valence-electron chi connectivity index (χ2n) is 3.06. The minimum absolute atomic E-state index is 0.552. The molecule has 0 aliphatic carbocycles. The summed E-state index contributed by atoms with van der Waals surface area (Å²) < 4.78 is 5.52. The van der Waals surface area contributed by atoms with Gasteiger partial charge in [-0.1, -0.05) is 18.2 Å². The molecule has 0 N–H and O–H groups in total. The fourth-order valence-electron chi connectivity index (χ4n) is 1.09. The van der Waals surface area contributed by atoms with Crippen molar-refractivity contribution >= 4 is 11.6 Å². The van der Waals surface area contributed by atoms with E-state index in [1.807, 2.05) is 30.3 Å². The Bertz CT molecular complexity index is 266. The molecule has 0 aliphatic rings. The molecule has 76 valence electrons. The molecule has 1 aromatic carbocycles. The number of allylic oxidation sites excluding steroid dienone is 1. The minimum Gasteiger partial charge on any atom is -0.494 e. The predicted octanol–water partition coefficient (Wildman–Crippen LogP) is 3.77. The van der Waals surface area contributed by atoms with Crippen LogP contribution >= 0.6 is 11.6 Å². The van der Waals surface area contributed by atoms with Gasteiger partial charge in [-0.25, -0.2) is 0 Å². The van der Waals surface area contributed by atoms with Gasteiger partial charge in [-0.3, -0.25) is 0 Å². The van der Waals surface area contributed by atoms with Crippen LogP contribution in [-0.4, -0.2) is 6.61 Å². The molecule has 2 heteroatoms. The van der Waals surface area contributed by atoms with Crippen LogP contribution in [0.1, 0.15) is 18.4 Å². The molecular weight excluding hydrogens is 196 g/mol. The van der Waals surface area contributed by atoms with Gasteiger partial charge in [0.25, 0.3) is 0 Å². The lowest BCUT2D eigenvalue weighted by molar-refractivity contribution is 0.312. The standard InChI is InChI=1S/C12H15ClO/c1-2-3-4-9-14-12-7-5-11(10-13)6-8-12/h2,5-8H,1,3-4,9-10H2. The SMILES string of the molecule is C=CCCCOc1ccc(CCl)cc1. The van der Waals surface area contributed by atoms with Crippen LogP contribution in [0.4, 0.5) is 0 Å². The highest BCUT2D eigenvalue weighted by molar-refractivity contribution is 6.17. The number of rotatable bonds is 6. The van der Waals surface area contributed by atoms with Crippen LogP contribution in [0.2, 0.25) is 0 Å². The van der Waals surface area contributed by atoms with Crippen LogP contribution < -0.4 is 4.74 Å². The lowest BCUT2D eigenvalue weighted by Gasteiger charge is -2.05. The minimum atomic E-state index is 0.552. The molecular formula is C12H15ClO. The van der Waals surface area contributed by atoms with Gasteiger partial charge >= 0.3 is 0 Å². The average molecular weight is 211 g/mol. The van der Waals surface area contributed by atoms with Crippen molar-refractivity contribution in [2.24, 2.45) is 0 Å². The number of alkyl halides is 1. The van der Waals surface area contributed by atoms with Crippen molar-refractivity contribution in [2.45, 2.75) is 18.7 Å². The van der Waals surface area contributed by atoms with E-state index in [0.29, 0.717) is 5.88 Å². The van der Waals surface area contributed by atoms with Gasteiger partial charge in [0.2, 0.25) is 0 Å². The summed E-state index contributed by atoms with van der Waals surface area (Å²) in [5.41, 5.74) is 1.12. The van der Waals surface area contributed by atoms with Crippen molar-refractivity contribution < 1.29 is 4.74 Å². The predicted molar refractivity (Wildman–Crippen MR) is 60.9 cm³/mol. The summed E-state index contributed by atoms with van der Waals surface area (Å²) in [6, 6.07) is 7.86. The third-order valence-corrected chi connectivity index (χ3v) is 2.21. The first-order chi connectivity index (χ1) is 6.86. The van der Waals surface area contributed by atoms with E-state index < -0.39 is 0 Å². The van der Waals surface area contributed by atoms with E-state index in [-0.39, 0.29) is 0 Å². The highest BCUT2D eigenvalue weighted by Gasteiger charge is 1.93. The number of hydrogen-bond acceptors (Lipinski definition) is 1. The molecule has 0 fully saturated rings. The molecule has 0 spiro atoms. The van der Waals surface area contributed by atoms with Crippen molar-refractivity contribution in [3.05, 3.63) is 42.5 Å². The molecule has 0 bridgehead atoms. The van der Waals surface area contributed by atoms with E-state index in [2.05, 4.69) is 6.58 Å². The Morgan fingerprint density at radius 1 is 1.29 bits per heavy atom. The lowest BCUT2D eigenvalue weighted by atomic mass is 10.2. The van der Waals surface area contributed by atoms with E-state index in [4.69, 9.17) is 16.3 Å². The summed E-state index contributed by atoms with van der Waals surface area (Å²) in [5, 5.41) is 0. The fraction of sp³-hybridized carbons (Fsp3) is 0.333. The molecule has 0 amide bonds. The van der Waals surface area contributed by atoms with Crippen molar-refractivity contribution in [2.75, 3.05) is 6.61 Å². The molecule has 0 atom stereocenters. The van der Waals surface area contributed by atoms with Crippen LogP contribution in [0.25, 0.3) is 0 Å². The largest absolute Gasteiger partial charge is 0.494 e. The van der Waals surface area contributed by atoms with Crippen molar-refractivity contribution in [3.8, 4) is 5.75 Å². The first-order valence-electron chi connectivity index (χ1n) is 4.75. The Hall–Kier alpha value is -0.950. The zero-order valence-corrected chi connectivity index (χ0v) is 8.96. The quantitative estimate of drug-likeness (QED) is 0.395. The summed E-state index contributed by atoms with van der Waals surface area (Å²) in [6.45, 7) is 4.40. The molecule has 0 saturated carbocycles. The smallest absolute Gasteiger partial charge is 0.119 e. The second kappa shape index (κ2) is 6.50. The molecule has 1 rings (SSSR count). The van der Waals surface area contributed by atoms with Gasteiger partial charge < -0.3 is 4.74 Å². The van der Waals surface area contributed by atoms with E-state index in [1.54, 1.807) is 0 Å². The number of ether oxygens (including phenoxy) is 1.